The Bertz CT molecular complexity index is 1130. The van der Waals surface area contributed by atoms with Gasteiger partial charge in [0.05, 0.1) is 6.04 Å². The monoisotopic (exact) mass is 591 g/mol. The lowest BCUT2D eigenvalue weighted by Crippen LogP contribution is -2.58. The molecule has 0 heterocycles. The van der Waals surface area contributed by atoms with E-state index in [9.17, 15) is 14.4 Å². The average Bonchev–Trinajstić information content (AvgIpc) is 2.97. The predicted molar refractivity (Wildman–Crippen MR) is 172 cm³/mol. The summed E-state index contributed by atoms with van der Waals surface area (Å²) in [5.74, 6) is 3.74. The number of benzene rings is 2. The zero-order chi connectivity index (χ0) is 30.0. The molecule has 6 nitrogen and oxygen atoms in total. The summed E-state index contributed by atoms with van der Waals surface area (Å²) in [4.78, 5) is 37.2. The third kappa shape index (κ3) is 8.62. The molecule has 4 aliphatic rings. The molecule has 1 atom stereocenters. The third-order valence-corrected chi connectivity index (χ3v) is 10.5. The van der Waals surface area contributed by atoms with Crippen LogP contribution >= 0.6 is 11.8 Å². The van der Waals surface area contributed by atoms with Crippen molar-refractivity contribution in [1.29, 1.82) is 0 Å². The molecule has 0 saturated heterocycles. The van der Waals surface area contributed by atoms with Crippen molar-refractivity contribution >= 4 is 30.6 Å². The molecule has 6 rings (SSSR count). The van der Waals surface area contributed by atoms with Gasteiger partial charge in [-0.2, -0.15) is 0 Å². The molecule has 4 bridgehead atoms. The fraction of sp³-hybridized carbons (Fsp3) is 0.571. The van der Waals surface area contributed by atoms with Crippen LogP contribution in [0.4, 0.5) is 0 Å². The third-order valence-electron chi connectivity index (χ3n) is 9.38. The Morgan fingerprint density at radius 3 is 2.14 bits per heavy atom. The fourth-order valence-electron chi connectivity index (χ4n) is 7.76. The highest BCUT2D eigenvalue weighted by molar-refractivity contribution is 7.98. The second-order valence-corrected chi connectivity index (χ2v) is 13.8. The van der Waals surface area contributed by atoms with E-state index in [1.165, 1.54) is 49.7 Å². The highest BCUT2D eigenvalue weighted by Gasteiger charge is 2.50. The second-order valence-electron chi connectivity index (χ2n) is 12.8. The van der Waals surface area contributed by atoms with Crippen molar-refractivity contribution in [3.05, 3.63) is 64.7 Å². The van der Waals surface area contributed by atoms with Crippen molar-refractivity contribution in [1.82, 2.24) is 15.5 Å². The Labute approximate surface area is 256 Å². The van der Waals surface area contributed by atoms with Crippen molar-refractivity contribution in [3.8, 4) is 0 Å². The maximum Gasteiger partial charge on any atom is 0.150 e. The van der Waals surface area contributed by atoms with Crippen LogP contribution in [0, 0.1) is 17.8 Å². The highest BCUT2D eigenvalue weighted by Crippen LogP contribution is 2.55. The predicted octanol–water partition coefficient (Wildman–Crippen LogP) is 5.71. The van der Waals surface area contributed by atoms with Crippen molar-refractivity contribution in [2.75, 3.05) is 27.7 Å². The van der Waals surface area contributed by atoms with Gasteiger partial charge < -0.3 is 20.2 Å². The minimum absolute atomic E-state index is 0.346. The molecule has 0 aromatic heterocycles. The van der Waals surface area contributed by atoms with Gasteiger partial charge in [-0.15, -0.1) is 11.8 Å². The van der Waals surface area contributed by atoms with E-state index < -0.39 is 0 Å². The number of aldehydes is 3. The van der Waals surface area contributed by atoms with Crippen LogP contribution in [-0.2, 0) is 28.3 Å². The molecule has 1 unspecified atom stereocenters. The molecule has 228 valence electrons. The zero-order valence-corrected chi connectivity index (χ0v) is 26.5. The molecule has 2 aromatic carbocycles. The molecule has 2 aromatic rings. The standard InChI is InChI=1S/C33H42N2O3S.C2H7N/c1-35(30(22-38)5-3-13-36)20-31-29(21-37)4-2-6-32(31)39-23-25-9-7-24(8-10-25)11-12-34-33-17-26-14-27(18-33)16-28(15-26)19-33;1-3-2/h2,4,6-10,13,21-22,26-28,30,34H,3,5,11-12,14-20,23H2,1H3;3H,1-2H3. The summed E-state index contributed by atoms with van der Waals surface area (Å²) in [6.45, 7) is 1.54. The van der Waals surface area contributed by atoms with E-state index in [1.54, 1.807) is 11.8 Å². The van der Waals surface area contributed by atoms with E-state index in [0.29, 0.717) is 30.5 Å². The smallest absolute Gasteiger partial charge is 0.150 e. The quantitative estimate of drug-likeness (QED) is 0.203. The van der Waals surface area contributed by atoms with Gasteiger partial charge in [0.15, 0.2) is 0 Å². The molecule has 0 amide bonds. The molecule has 7 heteroatoms. The summed E-state index contributed by atoms with van der Waals surface area (Å²) in [7, 11) is 5.62. The van der Waals surface area contributed by atoms with Crippen molar-refractivity contribution in [3.63, 3.8) is 0 Å². The zero-order valence-electron chi connectivity index (χ0n) is 25.6. The number of nitrogens with zero attached hydrogens (tertiary/aromatic N) is 1. The van der Waals surface area contributed by atoms with E-state index in [0.717, 1.165) is 65.8 Å². The summed E-state index contributed by atoms with van der Waals surface area (Å²) >= 11 is 1.72. The maximum atomic E-state index is 11.8. The van der Waals surface area contributed by atoms with Crippen LogP contribution in [-0.4, -0.2) is 63.0 Å². The van der Waals surface area contributed by atoms with Gasteiger partial charge in [0, 0.05) is 34.7 Å². The summed E-state index contributed by atoms with van der Waals surface area (Å²) in [5, 5.41) is 6.77. The Kier molecular flexibility index (Phi) is 12.4. The first-order chi connectivity index (χ1) is 20.4. The van der Waals surface area contributed by atoms with Crippen LogP contribution in [0.1, 0.15) is 78.4 Å². The summed E-state index contributed by atoms with van der Waals surface area (Å²) in [6.07, 6.45) is 13.2. The Balaban J connectivity index is 0.00000129. The molecule has 2 N–H and O–H groups in total. The SMILES string of the molecule is CN(Cc1c(C=O)cccc1SCc1ccc(CCNC23CC4CC(CC(C4)C2)C3)cc1)C(C=O)CCC=O.CNC. The van der Waals surface area contributed by atoms with Crippen LogP contribution in [0.25, 0.3) is 0 Å². The van der Waals surface area contributed by atoms with E-state index in [2.05, 4.69) is 34.9 Å². The highest BCUT2D eigenvalue weighted by atomic mass is 32.2. The van der Waals surface area contributed by atoms with Crippen molar-refractivity contribution in [2.45, 2.75) is 86.6 Å². The Morgan fingerprint density at radius 1 is 0.952 bits per heavy atom. The van der Waals surface area contributed by atoms with Gasteiger partial charge in [0.25, 0.3) is 0 Å². The molecule has 42 heavy (non-hydrogen) atoms. The first kappa shape index (κ1) is 32.6. The van der Waals surface area contributed by atoms with Gasteiger partial charge in [-0.25, -0.2) is 0 Å². The number of carbonyl (C=O) groups excluding carboxylic acids is 3. The minimum Gasteiger partial charge on any atom is -0.323 e. The van der Waals surface area contributed by atoms with Gasteiger partial charge in [-0.1, -0.05) is 36.4 Å². The minimum atomic E-state index is -0.349. The number of hydrogen-bond acceptors (Lipinski definition) is 7. The first-order valence-corrected chi connectivity index (χ1v) is 16.6. The lowest BCUT2D eigenvalue weighted by molar-refractivity contribution is -0.113. The molecule has 0 aliphatic heterocycles. The topological polar surface area (TPSA) is 78.5 Å². The van der Waals surface area contributed by atoms with Gasteiger partial charge in [-0.05, 0) is 120 Å². The van der Waals surface area contributed by atoms with E-state index in [4.69, 9.17) is 0 Å². The van der Waals surface area contributed by atoms with Crippen molar-refractivity contribution in [2.24, 2.45) is 17.8 Å². The molecule has 0 radical (unpaired) electrons. The summed E-state index contributed by atoms with van der Waals surface area (Å²) in [5.41, 5.74) is 4.64. The number of nitrogens with one attached hydrogen (secondary N) is 2. The van der Waals surface area contributed by atoms with E-state index in [1.807, 2.05) is 44.2 Å². The molecule has 4 fully saturated rings. The van der Waals surface area contributed by atoms with Gasteiger partial charge >= 0.3 is 0 Å². The average molecular weight is 592 g/mol. The Hall–Kier alpha value is -2.32. The van der Waals surface area contributed by atoms with Crippen molar-refractivity contribution < 1.29 is 14.4 Å². The second kappa shape index (κ2) is 15.9. The van der Waals surface area contributed by atoms with Crippen LogP contribution in [0.2, 0.25) is 0 Å². The number of rotatable bonds is 15. The Morgan fingerprint density at radius 2 is 1.57 bits per heavy atom. The van der Waals surface area contributed by atoms with E-state index in [-0.39, 0.29) is 6.04 Å². The maximum absolute atomic E-state index is 11.8. The van der Waals surface area contributed by atoms with Crippen LogP contribution in [0.15, 0.2) is 47.4 Å². The normalized spacial score (nSPS) is 24.6. The number of carbonyl (C=O) groups is 3. The molecule has 0 spiro atoms. The lowest BCUT2D eigenvalue weighted by Gasteiger charge is -2.57. The number of likely N-dealkylation sites (N-methyl/N-ethyl adjacent to an activating group) is 1. The first-order valence-electron chi connectivity index (χ1n) is 15.6. The number of thioether (sulfide) groups is 1. The molecular formula is C35H49N3O3S. The summed E-state index contributed by atoms with van der Waals surface area (Å²) < 4.78 is 0. The largest absolute Gasteiger partial charge is 0.323 e. The molecule has 4 aliphatic carbocycles. The van der Waals surface area contributed by atoms with Crippen LogP contribution < -0.4 is 10.6 Å². The fourth-order valence-corrected chi connectivity index (χ4v) is 8.80. The van der Waals surface area contributed by atoms with Crippen LogP contribution in [0.5, 0.6) is 0 Å². The molecular weight excluding hydrogens is 542 g/mol. The van der Waals surface area contributed by atoms with Crippen LogP contribution in [0.3, 0.4) is 0 Å². The molecule has 4 saturated carbocycles. The summed E-state index contributed by atoms with van der Waals surface area (Å²) in [6, 6.07) is 14.4. The van der Waals surface area contributed by atoms with E-state index >= 15 is 0 Å². The lowest BCUT2D eigenvalue weighted by atomic mass is 9.53. The van der Waals surface area contributed by atoms with Gasteiger partial charge in [0.2, 0.25) is 0 Å². The number of hydrogen-bond donors (Lipinski definition) is 2. The van der Waals surface area contributed by atoms with Gasteiger partial charge in [0.1, 0.15) is 18.9 Å². The van der Waals surface area contributed by atoms with Gasteiger partial charge in [-0.3, -0.25) is 9.69 Å².